The highest BCUT2D eigenvalue weighted by Gasteiger charge is 2.10. The van der Waals surface area contributed by atoms with Crippen molar-refractivity contribution in [1.82, 2.24) is 4.98 Å². The third kappa shape index (κ3) is 2.72. The van der Waals surface area contributed by atoms with Gasteiger partial charge in [-0.1, -0.05) is 6.07 Å². The lowest BCUT2D eigenvalue weighted by Gasteiger charge is -2.05. The van der Waals surface area contributed by atoms with E-state index in [1.54, 1.807) is 29.8 Å². The molecule has 2 aromatic rings. The first kappa shape index (κ1) is 12.3. The fraction of sp³-hybridized carbons (Fsp3) is 0.0833. The molecule has 6 heteroatoms. The topological polar surface area (TPSA) is 68.3 Å². The van der Waals surface area contributed by atoms with Crippen LogP contribution in [0.25, 0.3) is 0 Å². The second-order valence-corrected chi connectivity index (χ2v) is 4.28. The predicted molar refractivity (Wildman–Crippen MR) is 67.8 cm³/mol. The zero-order chi connectivity index (χ0) is 13.0. The third-order valence-electron chi connectivity index (χ3n) is 2.20. The molecule has 1 aromatic heterocycles. The number of anilines is 1. The Labute approximate surface area is 107 Å². The first-order valence-corrected chi connectivity index (χ1v) is 5.97. The Morgan fingerprint density at radius 3 is 2.89 bits per heavy atom. The first-order valence-electron chi connectivity index (χ1n) is 5.09. The van der Waals surface area contributed by atoms with Gasteiger partial charge >= 0.3 is 5.97 Å². The molecule has 0 aliphatic rings. The number of nitrogens with one attached hydrogen (secondary N) is 1. The molecule has 0 unspecified atom stereocenters. The largest absolute Gasteiger partial charge is 0.465 e. The molecule has 0 bridgehead atoms. The second kappa shape index (κ2) is 5.42. The van der Waals surface area contributed by atoms with E-state index in [-0.39, 0.29) is 5.91 Å². The van der Waals surface area contributed by atoms with E-state index in [9.17, 15) is 9.59 Å². The number of thiazole rings is 1. The maximum absolute atomic E-state index is 11.8. The Kier molecular flexibility index (Phi) is 3.69. The highest BCUT2D eigenvalue weighted by Crippen LogP contribution is 2.14. The maximum atomic E-state index is 11.8. The number of carbonyl (C=O) groups is 2. The number of hydrogen-bond acceptors (Lipinski definition) is 5. The van der Waals surface area contributed by atoms with E-state index in [2.05, 4.69) is 15.0 Å². The average molecular weight is 262 g/mol. The molecule has 1 N–H and O–H groups in total. The van der Waals surface area contributed by atoms with Crippen molar-refractivity contribution in [2.24, 2.45) is 0 Å². The lowest BCUT2D eigenvalue weighted by atomic mass is 10.2. The molecule has 0 atom stereocenters. The summed E-state index contributed by atoms with van der Waals surface area (Å²) >= 11 is 1.25. The molecular weight excluding hydrogens is 252 g/mol. The minimum Gasteiger partial charge on any atom is -0.465 e. The number of ether oxygens (including phenoxy) is 1. The zero-order valence-corrected chi connectivity index (χ0v) is 10.4. The van der Waals surface area contributed by atoms with Crippen LogP contribution in [0.4, 0.5) is 5.69 Å². The normalized spacial score (nSPS) is 9.83. The Hall–Kier alpha value is -2.21. The van der Waals surface area contributed by atoms with Gasteiger partial charge in [0.2, 0.25) is 0 Å². The van der Waals surface area contributed by atoms with E-state index in [4.69, 9.17) is 0 Å². The van der Waals surface area contributed by atoms with Crippen molar-refractivity contribution < 1.29 is 14.3 Å². The van der Waals surface area contributed by atoms with Crippen LogP contribution in [-0.4, -0.2) is 24.0 Å². The van der Waals surface area contributed by atoms with Gasteiger partial charge in [-0.25, -0.2) is 4.79 Å². The van der Waals surface area contributed by atoms with Crippen molar-refractivity contribution in [2.75, 3.05) is 12.4 Å². The van der Waals surface area contributed by atoms with E-state index < -0.39 is 5.97 Å². The summed E-state index contributed by atoms with van der Waals surface area (Å²) in [5.41, 5.74) is 2.51. The van der Waals surface area contributed by atoms with E-state index in [1.165, 1.54) is 24.6 Å². The molecule has 1 aromatic carbocycles. The van der Waals surface area contributed by atoms with Gasteiger partial charge in [0.25, 0.3) is 5.91 Å². The van der Waals surface area contributed by atoms with Gasteiger partial charge in [0, 0.05) is 5.69 Å². The van der Waals surface area contributed by atoms with Crippen molar-refractivity contribution in [2.45, 2.75) is 0 Å². The highest BCUT2D eigenvalue weighted by molar-refractivity contribution is 7.11. The van der Waals surface area contributed by atoms with Crippen LogP contribution in [0.15, 0.2) is 36.0 Å². The number of esters is 1. The van der Waals surface area contributed by atoms with E-state index in [0.29, 0.717) is 16.1 Å². The summed E-state index contributed by atoms with van der Waals surface area (Å²) in [7, 11) is 1.31. The standard InChI is InChI=1S/C12H10N2O3S/c1-17-12(16)8-3-2-4-9(5-8)14-11(15)10-6-13-7-18-10/h2-7H,1H3,(H,14,15). The number of rotatable bonds is 3. The van der Waals surface area contributed by atoms with Gasteiger partial charge in [0.05, 0.1) is 24.4 Å². The number of hydrogen-bond donors (Lipinski definition) is 1. The quantitative estimate of drug-likeness (QED) is 0.861. The number of nitrogens with zero attached hydrogens (tertiary/aromatic N) is 1. The third-order valence-corrected chi connectivity index (χ3v) is 2.97. The smallest absolute Gasteiger partial charge is 0.337 e. The lowest BCUT2D eigenvalue weighted by Crippen LogP contribution is -2.11. The van der Waals surface area contributed by atoms with Crippen molar-refractivity contribution in [1.29, 1.82) is 0 Å². The molecule has 1 heterocycles. The van der Waals surface area contributed by atoms with E-state index in [1.807, 2.05) is 0 Å². The van der Waals surface area contributed by atoms with E-state index >= 15 is 0 Å². The Morgan fingerprint density at radius 1 is 1.39 bits per heavy atom. The number of carbonyl (C=O) groups excluding carboxylic acids is 2. The maximum Gasteiger partial charge on any atom is 0.337 e. The summed E-state index contributed by atoms with van der Waals surface area (Å²) in [5.74, 6) is -0.691. The predicted octanol–water partition coefficient (Wildman–Crippen LogP) is 2.18. The molecule has 0 aliphatic carbocycles. The molecule has 0 saturated heterocycles. The number of amides is 1. The molecule has 5 nitrogen and oxygen atoms in total. The van der Waals surface area contributed by atoms with Crippen molar-refractivity contribution in [3.8, 4) is 0 Å². The summed E-state index contributed by atoms with van der Waals surface area (Å²) in [5, 5.41) is 2.69. The van der Waals surface area contributed by atoms with Crippen molar-refractivity contribution >= 4 is 28.9 Å². The molecule has 2 rings (SSSR count). The summed E-state index contributed by atoms with van der Waals surface area (Å²) in [6.07, 6.45) is 1.49. The molecule has 92 valence electrons. The van der Waals surface area contributed by atoms with Gasteiger partial charge in [0.1, 0.15) is 4.88 Å². The fourth-order valence-corrected chi connectivity index (χ4v) is 1.88. The minimum atomic E-state index is -0.441. The summed E-state index contributed by atoms with van der Waals surface area (Å²) in [6, 6.07) is 6.55. The molecule has 0 aliphatic heterocycles. The molecule has 0 saturated carbocycles. The Bertz CT molecular complexity index is 566. The monoisotopic (exact) mass is 262 g/mol. The average Bonchev–Trinajstić information content (AvgIpc) is 2.92. The Morgan fingerprint density at radius 2 is 2.22 bits per heavy atom. The van der Waals surface area contributed by atoms with Crippen molar-refractivity contribution in [3.63, 3.8) is 0 Å². The molecule has 0 radical (unpaired) electrons. The molecule has 0 spiro atoms. The summed E-state index contributed by atoms with van der Waals surface area (Å²) < 4.78 is 4.61. The van der Waals surface area contributed by atoms with Gasteiger partial charge in [0.15, 0.2) is 0 Å². The highest BCUT2D eigenvalue weighted by atomic mass is 32.1. The summed E-state index contributed by atoms with van der Waals surface area (Å²) in [4.78, 5) is 27.4. The van der Waals surface area contributed by atoms with Crippen molar-refractivity contribution in [3.05, 3.63) is 46.4 Å². The molecular formula is C12H10N2O3S. The van der Waals surface area contributed by atoms with Crippen LogP contribution < -0.4 is 5.32 Å². The van der Waals surface area contributed by atoms with Crippen LogP contribution in [0.3, 0.4) is 0 Å². The molecule has 1 amide bonds. The van der Waals surface area contributed by atoms with Crippen LogP contribution in [-0.2, 0) is 4.74 Å². The van der Waals surface area contributed by atoms with Gasteiger partial charge in [-0.3, -0.25) is 9.78 Å². The van der Waals surface area contributed by atoms with Crippen LogP contribution in [0.1, 0.15) is 20.0 Å². The first-order chi connectivity index (χ1) is 8.70. The fourth-order valence-electron chi connectivity index (χ4n) is 1.36. The van der Waals surface area contributed by atoms with Crippen LogP contribution in [0.5, 0.6) is 0 Å². The molecule has 18 heavy (non-hydrogen) atoms. The lowest BCUT2D eigenvalue weighted by molar-refractivity contribution is 0.0600. The van der Waals surface area contributed by atoms with Crippen LogP contribution in [0.2, 0.25) is 0 Å². The molecule has 0 fully saturated rings. The van der Waals surface area contributed by atoms with Crippen LogP contribution in [0, 0.1) is 0 Å². The minimum absolute atomic E-state index is 0.250. The summed E-state index contributed by atoms with van der Waals surface area (Å²) in [6.45, 7) is 0. The van der Waals surface area contributed by atoms with E-state index in [0.717, 1.165) is 0 Å². The number of benzene rings is 1. The number of aromatic nitrogens is 1. The SMILES string of the molecule is COC(=O)c1cccc(NC(=O)c2cncs2)c1. The second-order valence-electron chi connectivity index (χ2n) is 3.39. The van der Waals surface area contributed by atoms with Gasteiger partial charge in [-0.15, -0.1) is 11.3 Å². The van der Waals surface area contributed by atoms with Crippen LogP contribution >= 0.6 is 11.3 Å². The van der Waals surface area contributed by atoms with Gasteiger partial charge < -0.3 is 10.1 Å². The van der Waals surface area contributed by atoms with Gasteiger partial charge in [-0.05, 0) is 18.2 Å². The Balaban J connectivity index is 2.15. The van der Waals surface area contributed by atoms with Gasteiger partial charge in [-0.2, -0.15) is 0 Å². The zero-order valence-electron chi connectivity index (χ0n) is 9.54. The number of methoxy groups -OCH3 is 1.